The summed E-state index contributed by atoms with van der Waals surface area (Å²) in [5.41, 5.74) is 0.699. The van der Waals surface area contributed by atoms with Crippen molar-refractivity contribution in [2.75, 3.05) is 13.1 Å². The van der Waals surface area contributed by atoms with E-state index in [0.29, 0.717) is 38.3 Å². The fourth-order valence-corrected chi connectivity index (χ4v) is 5.01. The van der Waals surface area contributed by atoms with Crippen molar-refractivity contribution in [1.82, 2.24) is 15.8 Å². The van der Waals surface area contributed by atoms with E-state index in [1.807, 2.05) is 26.2 Å². The van der Waals surface area contributed by atoms with E-state index in [1.165, 1.54) is 0 Å². The van der Waals surface area contributed by atoms with Gasteiger partial charge in [0.2, 0.25) is 5.91 Å². The summed E-state index contributed by atoms with van der Waals surface area (Å²) in [6.07, 6.45) is -3.53. The van der Waals surface area contributed by atoms with Crippen molar-refractivity contribution in [2.24, 2.45) is 22.2 Å². The van der Waals surface area contributed by atoms with Gasteiger partial charge in [-0.05, 0) is 58.3 Å². The second kappa shape index (κ2) is 5.78. The number of alkyl halides is 3. The number of hydrogen-bond acceptors (Lipinski definition) is 4. The second-order valence-corrected chi connectivity index (χ2v) is 10.2. The van der Waals surface area contributed by atoms with Gasteiger partial charge >= 0.3 is 12.3 Å². The van der Waals surface area contributed by atoms with Crippen molar-refractivity contribution in [2.45, 2.75) is 64.7 Å². The van der Waals surface area contributed by atoms with Gasteiger partial charge in [-0.1, -0.05) is 0 Å². The molecule has 10 heteroatoms. The largest absolute Gasteiger partial charge is 0.444 e. The molecular weight excluding hydrogens is 391 g/mol. The van der Waals surface area contributed by atoms with Gasteiger partial charge in [-0.15, -0.1) is 0 Å². The van der Waals surface area contributed by atoms with Crippen molar-refractivity contribution in [3.8, 4) is 0 Å². The number of ether oxygens (including phenoxy) is 1. The number of amides is 3. The average molecular weight is 417 g/mol. The molecule has 0 atom stereocenters. The lowest BCUT2D eigenvalue weighted by Gasteiger charge is -2.74. The number of nitrogens with zero attached hydrogens (tertiary/aromatic N) is 1. The maximum absolute atomic E-state index is 12.9. The molecule has 1 heterocycles. The molecule has 0 spiro atoms. The SMILES string of the molecule is CC(C)(C)OC(=O)N1CC(C23CC(C(=O)NNC(=O)C4(C(F)(F)F)CC4)(C2)C3)C1. The molecule has 5 rings (SSSR count). The first-order valence-corrected chi connectivity index (χ1v) is 9.88. The highest BCUT2D eigenvalue weighted by atomic mass is 19.4. The number of carbonyl (C=O) groups is 3. The molecule has 162 valence electrons. The summed E-state index contributed by atoms with van der Waals surface area (Å²) in [4.78, 5) is 37.9. The third kappa shape index (κ3) is 3.06. The molecule has 0 unspecified atom stereocenters. The smallest absolute Gasteiger partial charge is 0.410 e. The van der Waals surface area contributed by atoms with E-state index >= 15 is 0 Å². The van der Waals surface area contributed by atoms with Crippen LogP contribution in [0.15, 0.2) is 0 Å². The molecule has 4 aliphatic carbocycles. The van der Waals surface area contributed by atoms with Crippen LogP contribution in [0.1, 0.15) is 52.9 Å². The summed E-state index contributed by atoms with van der Waals surface area (Å²) in [6.45, 7) is 6.62. The average Bonchev–Trinajstić information content (AvgIpc) is 3.22. The molecule has 0 aromatic carbocycles. The van der Waals surface area contributed by atoms with Gasteiger partial charge in [0.1, 0.15) is 11.0 Å². The summed E-state index contributed by atoms with van der Waals surface area (Å²) < 4.78 is 44.2. The fraction of sp³-hybridized carbons (Fsp3) is 0.842. The Hall–Kier alpha value is -2.00. The molecule has 0 aromatic heterocycles. The number of halogens is 3. The van der Waals surface area contributed by atoms with E-state index in [1.54, 1.807) is 4.90 Å². The highest BCUT2D eigenvalue weighted by Crippen LogP contribution is 2.77. The third-order valence-electron chi connectivity index (χ3n) is 6.97. The predicted octanol–water partition coefficient (Wildman–Crippen LogP) is 2.51. The van der Waals surface area contributed by atoms with E-state index < -0.39 is 34.4 Å². The topological polar surface area (TPSA) is 87.7 Å². The summed E-state index contributed by atoms with van der Waals surface area (Å²) in [7, 11) is 0. The zero-order valence-corrected chi connectivity index (χ0v) is 16.7. The zero-order chi connectivity index (χ0) is 21.5. The summed E-state index contributed by atoms with van der Waals surface area (Å²) >= 11 is 0. The van der Waals surface area contributed by atoms with Gasteiger partial charge in [-0.3, -0.25) is 20.4 Å². The molecular formula is C19H26F3N3O4. The first-order chi connectivity index (χ1) is 13.2. The Morgan fingerprint density at radius 3 is 1.93 bits per heavy atom. The first-order valence-electron chi connectivity index (χ1n) is 9.88. The van der Waals surface area contributed by atoms with Crippen LogP contribution < -0.4 is 10.9 Å². The molecule has 29 heavy (non-hydrogen) atoms. The number of nitrogens with one attached hydrogen (secondary N) is 2. The van der Waals surface area contributed by atoms with Crippen molar-refractivity contribution in [3.05, 3.63) is 0 Å². The quantitative estimate of drug-likeness (QED) is 0.691. The minimum atomic E-state index is -4.60. The minimum Gasteiger partial charge on any atom is -0.444 e. The van der Waals surface area contributed by atoms with Crippen molar-refractivity contribution in [1.29, 1.82) is 0 Å². The maximum Gasteiger partial charge on any atom is 0.410 e. The summed E-state index contributed by atoms with van der Waals surface area (Å²) in [6, 6.07) is 0. The lowest BCUT2D eigenvalue weighted by molar-refractivity contribution is -0.247. The Morgan fingerprint density at radius 2 is 1.48 bits per heavy atom. The Bertz CT molecular complexity index is 744. The molecule has 1 aliphatic heterocycles. The van der Waals surface area contributed by atoms with Crippen LogP contribution in [0.5, 0.6) is 0 Å². The summed E-state index contributed by atoms with van der Waals surface area (Å²) in [5, 5.41) is 0. The van der Waals surface area contributed by atoms with Gasteiger partial charge in [-0.25, -0.2) is 4.79 Å². The summed E-state index contributed by atoms with van der Waals surface area (Å²) in [5.74, 6) is -1.31. The standard InChI is InChI=1S/C19H26F3N3O4/c1-15(2,3)29-14(28)25-6-11(7-25)16-8-17(9-16,10-16)12(26)23-24-13(27)18(4-5-18)19(20,21)22/h11H,4-10H2,1-3H3,(H,23,26)(H,24,27). The lowest BCUT2D eigenvalue weighted by atomic mass is 9.31. The van der Waals surface area contributed by atoms with Crippen LogP contribution in [0.4, 0.5) is 18.0 Å². The van der Waals surface area contributed by atoms with Crippen LogP contribution in [0.3, 0.4) is 0 Å². The molecule has 5 aliphatic rings. The molecule has 4 saturated carbocycles. The van der Waals surface area contributed by atoms with E-state index in [2.05, 4.69) is 5.43 Å². The molecule has 0 aromatic rings. The lowest BCUT2D eigenvalue weighted by Crippen LogP contribution is -2.75. The Balaban J connectivity index is 1.21. The second-order valence-electron chi connectivity index (χ2n) is 10.2. The minimum absolute atomic E-state index is 0.0174. The predicted molar refractivity (Wildman–Crippen MR) is 94.0 cm³/mol. The normalized spacial score (nSPS) is 32.3. The zero-order valence-electron chi connectivity index (χ0n) is 16.7. The van der Waals surface area contributed by atoms with E-state index in [9.17, 15) is 27.6 Å². The molecule has 2 N–H and O–H groups in total. The highest BCUT2D eigenvalue weighted by molar-refractivity contribution is 5.91. The van der Waals surface area contributed by atoms with E-state index in [-0.39, 0.29) is 24.3 Å². The van der Waals surface area contributed by atoms with Gasteiger partial charge in [0.25, 0.3) is 5.91 Å². The number of likely N-dealkylation sites (tertiary alicyclic amines) is 1. The van der Waals surface area contributed by atoms with Crippen LogP contribution in [-0.2, 0) is 14.3 Å². The molecule has 2 bridgehead atoms. The van der Waals surface area contributed by atoms with Crippen molar-refractivity contribution < 1.29 is 32.3 Å². The van der Waals surface area contributed by atoms with Crippen LogP contribution in [0, 0.1) is 22.2 Å². The van der Waals surface area contributed by atoms with E-state index in [0.717, 1.165) is 0 Å². The van der Waals surface area contributed by atoms with Gasteiger partial charge in [0, 0.05) is 19.0 Å². The van der Waals surface area contributed by atoms with Crippen LogP contribution in [0.2, 0.25) is 0 Å². The third-order valence-corrected chi connectivity index (χ3v) is 6.97. The van der Waals surface area contributed by atoms with Crippen molar-refractivity contribution >= 4 is 17.9 Å². The van der Waals surface area contributed by atoms with Gasteiger partial charge in [0.05, 0.1) is 5.41 Å². The fourth-order valence-electron chi connectivity index (χ4n) is 5.01. The van der Waals surface area contributed by atoms with Crippen LogP contribution in [0.25, 0.3) is 0 Å². The Labute approximate surface area is 166 Å². The molecule has 0 radical (unpaired) electrons. The number of carbonyl (C=O) groups excluding carboxylic acids is 3. The number of rotatable bonds is 3. The van der Waals surface area contributed by atoms with Crippen molar-refractivity contribution in [3.63, 3.8) is 0 Å². The Morgan fingerprint density at radius 1 is 0.966 bits per heavy atom. The van der Waals surface area contributed by atoms with Crippen LogP contribution in [-0.4, -0.2) is 47.7 Å². The highest BCUT2D eigenvalue weighted by Gasteiger charge is 2.75. The Kier molecular flexibility index (Phi) is 4.05. The molecule has 1 saturated heterocycles. The van der Waals surface area contributed by atoms with Gasteiger partial charge < -0.3 is 9.64 Å². The van der Waals surface area contributed by atoms with Gasteiger partial charge in [-0.2, -0.15) is 13.2 Å². The molecule has 7 nitrogen and oxygen atoms in total. The van der Waals surface area contributed by atoms with Crippen LogP contribution >= 0.6 is 0 Å². The monoisotopic (exact) mass is 417 g/mol. The number of hydrogen-bond donors (Lipinski definition) is 2. The van der Waals surface area contributed by atoms with Gasteiger partial charge in [0.15, 0.2) is 0 Å². The number of hydrazine groups is 1. The molecule has 5 fully saturated rings. The molecule has 3 amide bonds. The van der Waals surface area contributed by atoms with E-state index in [4.69, 9.17) is 4.74 Å². The first kappa shape index (κ1) is 20.3. The maximum atomic E-state index is 12.9.